The maximum absolute atomic E-state index is 11.7. The van der Waals surface area contributed by atoms with Gasteiger partial charge in [-0.2, -0.15) is 4.98 Å². The third-order valence-electron chi connectivity index (χ3n) is 2.87. The summed E-state index contributed by atoms with van der Waals surface area (Å²) in [7, 11) is 3.18. The molecule has 0 radical (unpaired) electrons. The van der Waals surface area contributed by atoms with Crippen LogP contribution in [-0.4, -0.2) is 47.6 Å². The molecule has 2 rings (SSSR count). The minimum Gasteiger partial charge on any atom is -0.382 e. The number of aromatic nitrogens is 3. The highest BCUT2D eigenvalue weighted by Gasteiger charge is 2.36. The molecule has 18 heavy (non-hydrogen) atoms. The Morgan fingerprint density at radius 1 is 1.61 bits per heavy atom. The number of nitrogen functional groups attached to an aromatic ring is 1. The molecule has 1 saturated heterocycles. The molecule has 0 spiro atoms. The van der Waals surface area contributed by atoms with Gasteiger partial charge in [0.15, 0.2) is 0 Å². The van der Waals surface area contributed by atoms with Gasteiger partial charge in [0, 0.05) is 20.6 Å². The number of hydrogen-bond acceptors (Lipinski definition) is 7. The summed E-state index contributed by atoms with van der Waals surface area (Å²) in [5.41, 5.74) is 4.85. The predicted octanol–water partition coefficient (Wildman–Crippen LogP) is -0.831. The molecule has 0 aliphatic carbocycles. The monoisotopic (exact) mass is 256 g/mol. The van der Waals surface area contributed by atoms with Crippen LogP contribution in [0, 0.1) is 0 Å². The minimum atomic E-state index is -0.486. The summed E-state index contributed by atoms with van der Waals surface area (Å²) in [6.07, 6.45) is 1.08. The Balaban J connectivity index is 2.18. The van der Waals surface area contributed by atoms with E-state index in [4.69, 9.17) is 19.9 Å². The smallest absolute Gasteiger partial charge is 0.354 e. The summed E-state index contributed by atoms with van der Waals surface area (Å²) < 4.78 is 17.4. The Kier molecular flexibility index (Phi) is 3.90. The van der Waals surface area contributed by atoms with E-state index in [9.17, 15) is 4.79 Å². The Hall–Kier alpha value is -1.51. The van der Waals surface area contributed by atoms with E-state index < -0.39 is 11.9 Å². The highest BCUT2D eigenvalue weighted by Crippen LogP contribution is 2.29. The Bertz CT molecular complexity index is 463. The lowest BCUT2D eigenvalue weighted by molar-refractivity contribution is -0.0620. The van der Waals surface area contributed by atoms with Gasteiger partial charge in [0.2, 0.25) is 5.95 Å². The average molecular weight is 256 g/mol. The van der Waals surface area contributed by atoms with Gasteiger partial charge in [-0.05, 0) is 0 Å². The van der Waals surface area contributed by atoms with Gasteiger partial charge >= 0.3 is 5.69 Å². The van der Waals surface area contributed by atoms with Gasteiger partial charge < -0.3 is 19.9 Å². The van der Waals surface area contributed by atoms with E-state index in [1.807, 2.05) is 0 Å². The van der Waals surface area contributed by atoms with Crippen molar-refractivity contribution in [2.45, 2.75) is 24.9 Å². The summed E-state index contributed by atoms with van der Waals surface area (Å²) in [5, 5.41) is 0. The summed E-state index contributed by atoms with van der Waals surface area (Å²) in [4.78, 5) is 19.0. The number of hydrogen-bond donors (Lipinski definition) is 1. The van der Waals surface area contributed by atoms with E-state index in [1.54, 1.807) is 14.2 Å². The lowest BCUT2D eigenvalue weighted by Crippen LogP contribution is -2.29. The fourth-order valence-electron chi connectivity index (χ4n) is 1.99. The first-order valence-electron chi connectivity index (χ1n) is 5.53. The molecule has 0 bridgehead atoms. The molecule has 1 aliphatic heterocycles. The van der Waals surface area contributed by atoms with Crippen LogP contribution in [0.2, 0.25) is 0 Å². The van der Waals surface area contributed by atoms with Crippen LogP contribution in [0.15, 0.2) is 11.1 Å². The van der Waals surface area contributed by atoms with Crippen LogP contribution < -0.4 is 11.4 Å². The molecule has 0 saturated carbocycles. The van der Waals surface area contributed by atoms with Crippen molar-refractivity contribution in [1.29, 1.82) is 0 Å². The summed E-state index contributed by atoms with van der Waals surface area (Å²) in [5.74, 6) is -0.0500. The van der Waals surface area contributed by atoms with Crippen molar-refractivity contribution in [3.63, 3.8) is 0 Å². The summed E-state index contributed by atoms with van der Waals surface area (Å²) >= 11 is 0. The maximum atomic E-state index is 11.7. The van der Waals surface area contributed by atoms with Crippen LogP contribution >= 0.6 is 0 Å². The average Bonchev–Trinajstić information content (AvgIpc) is 2.72. The molecule has 1 aliphatic rings. The standard InChI is InChI=1S/C10H16N4O4/c1-16-4-7-6(17-2)3-8(18-7)14-5-12-9(11)13-10(14)15/h5-8H,3-4H2,1-2H3,(H2,11,13,15). The first kappa shape index (κ1) is 12.9. The molecule has 3 atom stereocenters. The zero-order chi connectivity index (χ0) is 13.1. The molecule has 8 heteroatoms. The van der Waals surface area contributed by atoms with Crippen molar-refractivity contribution in [3.8, 4) is 0 Å². The molecule has 2 heterocycles. The Labute approximate surface area is 104 Å². The van der Waals surface area contributed by atoms with E-state index >= 15 is 0 Å². The van der Waals surface area contributed by atoms with E-state index in [0.717, 1.165) is 0 Å². The molecule has 3 unspecified atom stereocenters. The number of ether oxygens (including phenoxy) is 3. The number of nitrogens with zero attached hydrogens (tertiary/aromatic N) is 3. The van der Waals surface area contributed by atoms with E-state index in [-0.39, 0.29) is 18.2 Å². The number of anilines is 1. The van der Waals surface area contributed by atoms with E-state index in [2.05, 4.69) is 9.97 Å². The van der Waals surface area contributed by atoms with Crippen molar-refractivity contribution in [2.24, 2.45) is 0 Å². The second-order valence-electron chi connectivity index (χ2n) is 4.00. The van der Waals surface area contributed by atoms with Crippen LogP contribution in [0.1, 0.15) is 12.6 Å². The van der Waals surface area contributed by atoms with Gasteiger partial charge in [-0.15, -0.1) is 0 Å². The molecule has 0 amide bonds. The SMILES string of the molecule is COCC1OC(n2cnc(N)nc2=O)CC1OC. The fraction of sp³-hybridized carbons (Fsp3) is 0.700. The fourth-order valence-corrected chi connectivity index (χ4v) is 1.99. The maximum Gasteiger partial charge on any atom is 0.354 e. The molecule has 100 valence electrons. The van der Waals surface area contributed by atoms with Crippen molar-refractivity contribution in [3.05, 3.63) is 16.8 Å². The van der Waals surface area contributed by atoms with Crippen LogP contribution in [-0.2, 0) is 14.2 Å². The van der Waals surface area contributed by atoms with Gasteiger partial charge in [-0.1, -0.05) is 0 Å². The van der Waals surface area contributed by atoms with Crippen molar-refractivity contribution < 1.29 is 14.2 Å². The second-order valence-corrected chi connectivity index (χ2v) is 4.00. The summed E-state index contributed by atoms with van der Waals surface area (Å²) in [6, 6.07) is 0. The van der Waals surface area contributed by atoms with Crippen LogP contribution in [0.4, 0.5) is 5.95 Å². The lowest BCUT2D eigenvalue weighted by Gasteiger charge is -2.15. The molecule has 0 aromatic carbocycles. The summed E-state index contributed by atoms with van der Waals surface area (Å²) in [6.45, 7) is 0.402. The zero-order valence-corrected chi connectivity index (χ0v) is 10.3. The van der Waals surface area contributed by atoms with Gasteiger partial charge in [0.25, 0.3) is 0 Å². The Morgan fingerprint density at radius 3 is 3.00 bits per heavy atom. The van der Waals surface area contributed by atoms with Crippen LogP contribution in [0.3, 0.4) is 0 Å². The van der Waals surface area contributed by atoms with Crippen LogP contribution in [0.25, 0.3) is 0 Å². The zero-order valence-electron chi connectivity index (χ0n) is 10.3. The largest absolute Gasteiger partial charge is 0.382 e. The molecule has 8 nitrogen and oxygen atoms in total. The van der Waals surface area contributed by atoms with Crippen molar-refractivity contribution >= 4 is 5.95 Å². The number of nitrogens with two attached hydrogens (primary N) is 1. The Morgan fingerprint density at radius 2 is 2.39 bits per heavy atom. The normalized spacial score (nSPS) is 27.6. The van der Waals surface area contributed by atoms with Crippen LogP contribution in [0.5, 0.6) is 0 Å². The number of methoxy groups -OCH3 is 2. The predicted molar refractivity (Wildman–Crippen MR) is 61.9 cm³/mol. The molecular formula is C10H16N4O4. The molecule has 1 aromatic heterocycles. The first-order valence-corrected chi connectivity index (χ1v) is 5.53. The number of rotatable bonds is 4. The van der Waals surface area contributed by atoms with E-state index in [0.29, 0.717) is 13.0 Å². The first-order chi connectivity index (χ1) is 8.65. The second kappa shape index (κ2) is 5.42. The van der Waals surface area contributed by atoms with Gasteiger partial charge in [0.1, 0.15) is 18.7 Å². The van der Waals surface area contributed by atoms with Gasteiger partial charge in [-0.25, -0.2) is 9.78 Å². The molecular weight excluding hydrogens is 240 g/mol. The van der Waals surface area contributed by atoms with E-state index in [1.165, 1.54) is 10.9 Å². The third-order valence-corrected chi connectivity index (χ3v) is 2.87. The quantitative estimate of drug-likeness (QED) is 0.750. The van der Waals surface area contributed by atoms with Crippen molar-refractivity contribution in [1.82, 2.24) is 14.5 Å². The van der Waals surface area contributed by atoms with Crippen molar-refractivity contribution in [2.75, 3.05) is 26.6 Å². The topological polar surface area (TPSA) is 101 Å². The highest BCUT2D eigenvalue weighted by molar-refractivity contribution is 5.09. The van der Waals surface area contributed by atoms with Gasteiger partial charge in [0.05, 0.1) is 12.7 Å². The molecule has 2 N–H and O–H groups in total. The third kappa shape index (κ3) is 2.50. The lowest BCUT2D eigenvalue weighted by atomic mass is 10.2. The van der Waals surface area contributed by atoms with Gasteiger partial charge in [-0.3, -0.25) is 4.57 Å². The molecule has 1 aromatic rings. The minimum absolute atomic E-state index is 0.0500. The highest BCUT2D eigenvalue weighted by atomic mass is 16.6. The molecule has 1 fully saturated rings.